The number of rotatable bonds is 5. The highest BCUT2D eigenvalue weighted by atomic mass is 16.2. The summed E-state index contributed by atoms with van der Waals surface area (Å²) >= 11 is 0. The van der Waals surface area contributed by atoms with E-state index in [0.717, 1.165) is 0 Å². The molecule has 0 unspecified atom stereocenters. The second kappa shape index (κ2) is 4.80. The topological polar surface area (TPSA) is 146 Å². The number of carbonyl (C=O) groups is 2. The average Bonchev–Trinajstić information content (AvgIpc) is 2.73. The lowest BCUT2D eigenvalue weighted by Gasteiger charge is -2.21. The molecular formula is C10H13N7O2. The lowest BCUT2D eigenvalue weighted by molar-refractivity contribution is -0.117. The minimum atomic E-state index is -0.616. The molecule has 0 spiro atoms. The van der Waals surface area contributed by atoms with Gasteiger partial charge in [-0.3, -0.25) is 9.59 Å². The Kier molecular flexibility index (Phi) is 3.19. The first kappa shape index (κ1) is 12.6. The van der Waals surface area contributed by atoms with Gasteiger partial charge >= 0.3 is 0 Å². The summed E-state index contributed by atoms with van der Waals surface area (Å²) in [6, 6.07) is 0. The zero-order valence-corrected chi connectivity index (χ0v) is 9.98. The van der Waals surface area contributed by atoms with E-state index in [-0.39, 0.29) is 24.7 Å². The monoisotopic (exact) mass is 263 g/mol. The van der Waals surface area contributed by atoms with Gasteiger partial charge in [-0.2, -0.15) is 0 Å². The molecule has 0 radical (unpaired) electrons. The fourth-order valence-corrected chi connectivity index (χ4v) is 1.73. The van der Waals surface area contributed by atoms with E-state index in [2.05, 4.69) is 9.97 Å². The fourth-order valence-electron chi connectivity index (χ4n) is 1.73. The van der Waals surface area contributed by atoms with Crippen LogP contribution in [-0.4, -0.2) is 39.3 Å². The molecule has 0 bridgehead atoms. The normalized spacial score (nSPS) is 10.5. The molecule has 0 saturated heterocycles. The number of nitrogens with zero attached hydrogens (tertiary/aromatic N) is 4. The van der Waals surface area contributed by atoms with E-state index in [1.165, 1.54) is 4.90 Å². The molecule has 0 aromatic carbocycles. The van der Waals surface area contributed by atoms with Crippen molar-refractivity contribution in [1.82, 2.24) is 14.4 Å². The van der Waals surface area contributed by atoms with Crippen molar-refractivity contribution in [2.75, 3.05) is 23.7 Å². The van der Waals surface area contributed by atoms with E-state index in [0.29, 0.717) is 5.65 Å². The van der Waals surface area contributed by atoms with Gasteiger partial charge in [0, 0.05) is 12.4 Å². The number of imidazole rings is 1. The van der Waals surface area contributed by atoms with E-state index in [1.54, 1.807) is 23.0 Å². The maximum atomic E-state index is 11.1. The highest BCUT2D eigenvalue weighted by Gasteiger charge is 2.18. The number of nitrogen functional groups attached to an aromatic ring is 1. The van der Waals surface area contributed by atoms with E-state index in [9.17, 15) is 9.59 Å². The Morgan fingerprint density at radius 2 is 1.89 bits per heavy atom. The second-order valence-electron chi connectivity index (χ2n) is 3.94. The molecule has 2 aromatic heterocycles. The Labute approximate surface area is 108 Å². The van der Waals surface area contributed by atoms with Gasteiger partial charge in [0.15, 0.2) is 11.5 Å². The Morgan fingerprint density at radius 1 is 1.26 bits per heavy atom. The number of primary amides is 2. The van der Waals surface area contributed by atoms with Gasteiger partial charge in [-0.15, -0.1) is 0 Å². The number of hydrogen-bond acceptors (Lipinski definition) is 6. The van der Waals surface area contributed by atoms with Crippen LogP contribution in [0.1, 0.15) is 0 Å². The van der Waals surface area contributed by atoms with Crippen molar-refractivity contribution in [3.05, 3.63) is 18.6 Å². The largest absolute Gasteiger partial charge is 0.382 e. The van der Waals surface area contributed by atoms with Crippen LogP contribution in [0.15, 0.2) is 18.6 Å². The van der Waals surface area contributed by atoms with Crippen LogP contribution in [-0.2, 0) is 9.59 Å². The van der Waals surface area contributed by atoms with Gasteiger partial charge < -0.3 is 26.5 Å². The molecule has 2 aromatic rings. The lowest BCUT2D eigenvalue weighted by atomic mass is 10.4. The van der Waals surface area contributed by atoms with Gasteiger partial charge in [-0.1, -0.05) is 0 Å². The molecule has 0 atom stereocenters. The summed E-state index contributed by atoms with van der Waals surface area (Å²) in [5.74, 6) is -0.729. The molecule has 0 aliphatic heterocycles. The zero-order valence-electron chi connectivity index (χ0n) is 9.98. The highest BCUT2D eigenvalue weighted by Crippen LogP contribution is 2.18. The first-order valence-electron chi connectivity index (χ1n) is 5.38. The van der Waals surface area contributed by atoms with Crippen molar-refractivity contribution in [2.45, 2.75) is 0 Å². The molecular weight excluding hydrogens is 250 g/mol. The molecule has 0 aliphatic rings. The maximum absolute atomic E-state index is 11.1. The van der Waals surface area contributed by atoms with Crippen LogP contribution in [0.5, 0.6) is 0 Å². The molecule has 6 N–H and O–H groups in total. The van der Waals surface area contributed by atoms with Gasteiger partial charge in [-0.25, -0.2) is 9.97 Å². The Bertz CT molecular complexity index is 620. The van der Waals surface area contributed by atoms with Gasteiger partial charge in [0.05, 0.1) is 19.3 Å². The quantitative estimate of drug-likeness (QED) is 0.573. The van der Waals surface area contributed by atoms with Crippen LogP contribution in [0.2, 0.25) is 0 Å². The van der Waals surface area contributed by atoms with Gasteiger partial charge in [-0.05, 0) is 0 Å². The van der Waals surface area contributed by atoms with E-state index in [4.69, 9.17) is 17.2 Å². The summed E-state index contributed by atoms with van der Waals surface area (Å²) < 4.78 is 1.63. The molecule has 0 saturated carbocycles. The van der Waals surface area contributed by atoms with Crippen LogP contribution >= 0.6 is 0 Å². The summed E-state index contributed by atoms with van der Waals surface area (Å²) in [6.07, 6.45) is 4.79. The second-order valence-corrected chi connectivity index (χ2v) is 3.94. The fraction of sp³-hybridized carbons (Fsp3) is 0.200. The van der Waals surface area contributed by atoms with E-state index in [1.807, 2.05) is 0 Å². The molecule has 2 amide bonds. The third-order valence-electron chi connectivity index (χ3n) is 2.37. The van der Waals surface area contributed by atoms with Crippen LogP contribution in [0, 0.1) is 0 Å². The highest BCUT2D eigenvalue weighted by molar-refractivity contribution is 5.86. The molecule has 9 nitrogen and oxygen atoms in total. The molecule has 2 rings (SSSR count). The van der Waals surface area contributed by atoms with Gasteiger partial charge in [0.2, 0.25) is 11.8 Å². The molecule has 2 heterocycles. The van der Waals surface area contributed by atoms with Crippen molar-refractivity contribution in [3.63, 3.8) is 0 Å². The predicted molar refractivity (Wildman–Crippen MR) is 68.0 cm³/mol. The first-order valence-corrected chi connectivity index (χ1v) is 5.38. The van der Waals surface area contributed by atoms with Crippen molar-refractivity contribution in [1.29, 1.82) is 0 Å². The summed E-state index contributed by atoms with van der Waals surface area (Å²) in [5.41, 5.74) is 16.4. The summed E-state index contributed by atoms with van der Waals surface area (Å²) in [5, 5.41) is 0. The predicted octanol–water partition coefficient (Wildman–Crippen LogP) is -1.91. The molecule has 9 heteroatoms. The molecule has 100 valence electrons. The van der Waals surface area contributed by atoms with E-state index >= 15 is 0 Å². The molecule has 0 fully saturated rings. The number of nitrogens with two attached hydrogens (primary N) is 3. The smallest absolute Gasteiger partial charge is 0.237 e. The third-order valence-corrected chi connectivity index (χ3v) is 2.37. The number of amides is 2. The van der Waals surface area contributed by atoms with Crippen LogP contribution in [0.3, 0.4) is 0 Å². The molecule has 0 aliphatic carbocycles. The van der Waals surface area contributed by atoms with Crippen LogP contribution in [0.25, 0.3) is 5.65 Å². The summed E-state index contributed by atoms with van der Waals surface area (Å²) in [7, 11) is 0. The van der Waals surface area contributed by atoms with Crippen molar-refractivity contribution >= 4 is 29.1 Å². The average molecular weight is 263 g/mol. The van der Waals surface area contributed by atoms with Crippen LogP contribution < -0.4 is 22.1 Å². The zero-order chi connectivity index (χ0) is 14.0. The SMILES string of the molecule is NC(=O)CN(CC(N)=O)c1nc(N)cn2ccnc12. The summed E-state index contributed by atoms with van der Waals surface area (Å²) in [6.45, 7) is -0.413. The Hall–Kier alpha value is -2.84. The number of hydrogen-bond donors (Lipinski definition) is 3. The lowest BCUT2D eigenvalue weighted by Crippen LogP contribution is -2.40. The standard InChI is InChI=1S/C10H13N7O2/c11-6-3-16-2-1-14-9(16)10(15-6)17(4-7(12)18)5-8(13)19/h1-3H,4-5,11H2,(H2,12,18)(H2,13,19). The van der Waals surface area contributed by atoms with Crippen molar-refractivity contribution in [3.8, 4) is 0 Å². The number of anilines is 2. The molecule has 19 heavy (non-hydrogen) atoms. The number of carbonyl (C=O) groups excluding carboxylic acids is 2. The Morgan fingerprint density at radius 3 is 2.47 bits per heavy atom. The number of fused-ring (bicyclic) bond motifs is 1. The minimum Gasteiger partial charge on any atom is -0.382 e. The third kappa shape index (κ3) is 2.70. The number of aromatic nitrogens is 3. The maximum Gasteiger partial charge on any atom is 0.237 e. The van der Waals surface area contributed by atoms with Gasteiger partial charge in [0.25, 0.3) is 0 Å². The van der Waals surface area contributed by atoms with Crippen LogP contribution in [0.4, 0.5) is 11.6 Å². The van der Waals surface area contributed by atoms with E-state index < -0.39 is 11.8 Å². The van der Waals surface area contributed by atoms with Gasteiger partial charge in [0.1, 0.15) is 5.82 Å². The Balaban J connectivity index is 2.50. The van der Waals surface area contributed by atoms with Crippen molar-refractivity contribution in [2.24, 2.45) is 11.5 Å². The summed E-state index contributed by atoms with van der Waals surface area (Å²) in [4.78, 5) is 31.6. The minimum absolute atomic E-state index is 0.206. The first-order chi connectivity index (χ1) is 8.97. The van der Waals surface area contributed by atoms with Crippen molar-refractivity contribution < 1.29 is 9.59 Å².